The van der Waals surface area contributed by atoms with E-state index in [9.17, 15) is 0 Å². The van der Waals surface area contributed by atoms with E-state index < -0.39 is 5.60 Å². The minimum Gasteiger partial charge on any atom is -0.377 e. The van der Waals surface area contributed by atoms with Crippen LogP contribution in [0.1, 0.15) is 25.5 Å². The summed E-state index contributed by atoms with van der Waals surface area (Å²) in [6.07, 6.45) is 0. The first-order chi connectivity index (χ1) is 6.88. The van der Waals surface area contributed by atoms with E-state index in [0.29, 0.717) is 10.0 Å². The number of ether oxygens (including phenoxy) is 1. The van der Waals surface area contributed by atoms with Gasteiger partial charge >= 0.3 is 0 Å². The lowest BCUT2D eigenvalue weighted by Gasteiger charge is -2.30. The number of rotatable bonds is 3. The zero-order valence-electron chi connectivity index (χ0n) is 9.05. The van der Waals surface area contributed by atoms with Crippen molar-refractivity contribution in [1.82, 2.24) is 0 Å². The molecule has 0 saturated carbocycles. The Hall–Kier alpha value is -0.280. The monoisotopic (exact) mass is 247 g/mol. The lowest BCUT2D eigenvalue weighted by atomic mass is 9.92. The molecule has 0 bridgehead atoms. The van der Waals surface area contributed by atoms with Crippen LogP contribution >= 0.6 is 23.2 Å². The first-order valence-electron chi connectivity index (χ1n) is 4.64. The Morgan fingerprint density at radius 3 is 2.33 bits per heavy atom. The van der Waals surface area contributed by atoms with Crippen molar-refractivity contribution in [3.05, 3.63) is 33.8 Å². The summed E-state index contributed by atoms with van der Waals surface area (Å²) in [6.45, 7) is 3.86. The highest BCUT2D eigenvalue weighted by Crippen LogP contribution is 2.30. The molecule has 1 aromatic rings. The van der Waals surface area contributed by atoms with Gasteiger partial charge in [-0.1, -0.05) is 29.3 Å². The Labute approximate surface area is 100 Å². The van der Waals surface area contributed by atoms with Crippen molar-refractivity contribution in [2.45, 2.75) is 25.5 Å². The molecule has 0 radical (unpaired) electrons. The maximum Gasteiger partial charge on any atom is 0.0814 e. The average molecular weight is 248 g/mol. The quantitative estimate of drug-likeness (QED) is 0.889. The fourth-order valence-electron chi connectivity index (χ4n) is 1.23. The molecule has 1 atom stereocenters. The minimum absolute atomic E-state index is 0.239. The molecule has 0 aliphatic rings. The highest BCUT2D eigenvalue weighted by atomic mass is 35.5. The molecule has 1 aromatic carbocycles. The standard InChI is InChI=1S/C11H15Cl2NO/c1-11(2,15-3)10(14)7-4-5-8(12)9(13)6-7/h4-6,10H,14H2,1-3H3. The van der Waals surface area contributed by atoms with Crippen molar-refractivity contribution in [3.8, 4) is 0 Å². The zero-order chi connectivity index (χ0) is 11.6. The molecule has 0 heterocycles. The molecule has 0 aliphatic carbocycles. The first-order valence-corrected chi connectivity index (χ1v) is 5.39. The fourth-order valence-corrected chi connectivity index (χ4v) is 1.54. The van der Waals surface area contributed by atoms with Crippen LogP contribution in [-0.2, 0) is 4.74 Å². The van der Waals surface area contributed by atoms with Crippen LogP contribution in [0, 0.1) is 0 Å². The van der Waals surface area contributed by atoms with Crippen LogP contribution in [0.5, 0.6) is 0 Å². The molecule has 1 rings (SSSR count). The van der Waals surface area contributed by atoms with Crippen molar-refractivity contribution in [3.63, 3.8) is 0 Å². The molecule has 84 valence electrons. The van der Waals surface area contributed by atoms with Gasteiger partial charge in [-0.25, -0.2) is 0 Å². The highest BCUT2D eigenvalue weighted by Gasteiger charge is 2.27. The molecular formula is C11H15Cl2NO. The Morgan fingerprint density at radius 2 is 1.87 bits per heavy atom. The molecule has 1 unspecified atom stereocenters. The van der Waals surface area contributed by atoms with Gasteiger partial charge in [-0.05, 0) is 31.5 Å². The van der Waals surface area contributed by atoms with E-state index in [4.69, 9.17) is 33.7 Å². The molecule has 0 aliphatic heterocycles. The van der Waals surface area contributed by atoms with Crippen LogP contribution in [0.3, 0.4) is 0 Å². The second-order valence-corrected chi connectivity index (χ2v) is 4.77. The van der Waals surface area contributed by atoms with Crippen molar-refractivity contribution in [2.75, 3.05) is 7.11 Å². The molecule has 0 fully saturated rings. The van der Waals surface area contributed by atoms with Crippen LogP contribution in [0.25, 0.3) is 0 Å². The summed E-state index contributed by atoms with van der Waals surface area (Å²) in [4.78, 5) is 0. The molecular weight excluding hydrogens is 233 g/mol. The third kappa shape index (κ3) is 2.85. The van der Waals surface area contributed by atoms with Crippen LogP contribution in [0.2, 0.25) is 10.0 Å². The average Bonchev–Trinajstić information content (AvgIpc) is 2.21. The van der Waals surface area contributed by atoms with E-state index in [1.54, 1.807) is 19.2 Å². The van der Waals surface area contributed by atoms with Gasteiger partial charge in [0.15, 0.2) is 0 Å². The number of hydrogen-bond donors (Lipinski definition) is 1. The van der Waals surface area contributed by atoms with Gasteiger partial charge in [0.05, 0.1) is 21.7 Å². The second kappa shape index (κ2) is 4.71. The normalized spacial score (nSPS) is 14.0. The topological polar surface area (TPSA) is 35.2 Å². The highest BCUT2D eigenvalue weighted by molar-refractivity contribution is 6.42. The largest absolute Gasteiger partial charge is 0.377 e. The van der Waals surface area contributed by atoms with Gasteiger partial charge in [0, 0.05) is 7.11 Å². The zero-order valence-corrected chi connectivity index (χ0v) is 10.6. The molecule has 0 amide bonds. The van der Waals surface area contributed by atoms with Crippen LogP contribution in [0.15, 0.2) is 18.2 Å². The number of benzene rings is 1. The molecule has 0 spiro atoms. The minimum atomic E-state index is -0.433. The number of hydrogen-bond acceptors (Lipinski definition) is 2. The smallest absolute Gasteiger partial charge is 0.0814 e. The third-order valence-corrected chi connectivity index (χ3v) is 3.32. The lowest BCUT2D eigenvalue weighted by Crippen LogP contribution is -2.37. The SMILES string of the molecule is COC(C)(C)C(N)c1ccc(Cl)c(Cl)c1. The van der Waals surface area contributed by atoms with Crippen molar-refractivity contribution in [1.29, 1.82) is 0 Å². The molecule has 0 saturated heterocycles. The first kappa shape index (κ1) is 12.8. The second-order valence-electron chi connectivity index (χ2n) is 3.96. The van der Waals surface area contributed by atoms with Gasteiger partial charge in [-0.3, -0.25) is 0 Å². The summed E-state index contributed by atoms with van der Waals surface area (Å²) in [6, 6.07) is 5.14. The molecule has 0 aromatic heterocycles. The molecule has 15 heavy (non-hydrogen) atoms. The van der Waals surface area contributed by atoms with Gasteiger partial charge in [-0.2, -0.15) is 0 Å². The molecule has 2 N–H and O–H groups in total. The van der Waals surface area contributed by atoms with Gasteiger partial charge in [0.1, 0.15) is 0 Å². The number of methoxy groups -OCH3 is 1. The summed E-state index contributed by atoms with van der Waals surface area (Å²) >= 11 is 11.8. The van der Waals surface area contributed by atoms with Gasteiger partial charge in [0.25, 0.3) is 0 Å². The van der Waals surface area contributed by atoms with Crippen molar-refractivity contribution < 1.29 is 4.74 Å². The molecule has 4 heteroatoms. The van der Waals surface area contributed by atoms with Crippen molar-refractivity contribution in [2.24, 2.45) is 5.73 Å². The van der Waals surface area contributed by atoms with Crippen LogP contribution in [0.4, 0.5) is 0 Å². The Kier molecular flexibility index (Phi) is 4.01. The summed E-state index contributed by atoms with van der Waals surface area (Å²) in [7, 11) is 1.64. The Balaban J connectivity index is 3.02. The van der Waals surface area contributed by atoms with Crippen LogP contribution in [-0.4, -0.2) is 12.7 Å². The van der Waals surface area contributed by atoms with E-state index in [1.165, 1.54) is 0 Å². The van der Waals surface area contributed by atoms with E-state index in [1.807, 2.05) is 19.9 Å². The summed E-state index contributed by atoms with van der Waals surface area (Å²) < 4.78 is 5.32. The van der Waals surface area contributed by atoms with Crippen LogP contribution < -0.4 is 5.73 Å². The Bertz CT molecular complexity index is 352. The summed E-state index contributed by atoms with van der Waals surface area (Å²) in [5.41, 5.74) is 6.56. The fraction of sp³-hybridized carbons (Fsp3) is 0.455. The van der Waals surface area contributed by atoms with Crippen molar-refractivity contribution >= 4 is 23.2 Å². The number of halogens is 2. The number of nitrogens with two attached hydrogens (primary N) is 1. The lowest BCUT2D eigenvalue weighted by molar-refractivity contribution is -0.0000266. The predicted molar refractivity (Wildman–Crippen MR) is 64.5 cm³/mol. The van der Waals surface area contributed by atoms with E-state index >= 15 is 0 Å². The predicted octanol–water partition coefficient (Wildman–Crippen LogP) is 3.42. The maximum atomic E-state index is 6.08. The van der Waals surface area contributed by atoms with E-state index in [0.717, 1.165) is 5.56 Å². The van der Waals surface area contributed by atoms with Gasteiger partial charge < -0.3 is 10.5 Å². The Morgan fingerprint density at radius 1 is 1.27 bits per heavy atom. The summed E-state index contributed by atoms with van der Waals surface area (Å²) in [5, 5.41) is 1.04. The third-order valence-electron chi connectivity index (χ3n) is 2.58. The molecule has 2 nitrogen and oxygen atoms in total. The van der Waals surface area contributed by atoms with Gasteiger partial charge in [0.2, 0.25) is 0 Å². The van der Waals surface area contributed by atoms with Gasteiger partial charge in [-0.15, -0.1) is 0 Å². The summed E-state index contributed by atoms with van der Waals surface area (Å²) in [5.74, 6) is 0. The van der Waals surface area contributed by atoms with E-state index in [2.05, 4.69) is 0 Å². The van der Waals surface area contributed by atoms with E-state index in [-0.39, 0.29) is 6.04 Å². The maximum absolute atomic E-state index is 6.08.